The van der Waals surface area contributed by atoms with Gasteiger partial charge in [-0.15, -0.1) is 11.3 Å². The molecule has 0 saturated carbocycles. The molecule has 0 saturated heterocycles. The van der Waals surface area contributed by atoms with Gasteiger partial charge < -0.3 is 9.64 Å². The van der Waals surface area contributed by atoms with Crippen molar-refractivity contribution in [2.45, 2.75) is 46.1 Å². The summed E-state index contributed by atoms with van der Waals surface area (Å²) < 4.78 is 6.94. The summed E-state index contributed by atoms with van der Waals surface area (Å²) in [6, 6.07) is 4.36. The van der Waals surface area contributed by atoms with Crippen molar-refractivity contribution in [1.29, 1.82) is 0 Å². The van der Waals surface area contributed by atoms with Crippen molar-refractivity contribution in [1.82, 2.24) is 9.55 Å². The van der Waals surface area contributed by atoms with Crippen LogP contribution in [0.25, 0.3) is 10.2 Å². The van der Waals surface area contributed by atoms with Crippen molar-refractivity contribution in [3.8, 4) is 5.75 Å². The number of fused-ring (bicyclic) bond motifs is 4. The molecule has 0 bridgehead atoms. The molecule has 2 aromatic heterocycles. The Kier molecular flexibility index (Phi) is 5.12. The van der Waals surface area contributed by atoms with E-state index in [1.165, 1.54) is 15.8 Å². The van der Waals surface area contributed by atoms with Gasteiger partial charge in [0.15, 0.2) is 12.4 Å². The van der Waals surface area contributed by atoms with E-state index in [2.05, 4.69) is 11.9 Å². The number of likely N-dealkylation sites (N-methyl/N-ethyl adjacent to an activating group) is 1. The number of anilines is 1. The number of hydrogen-bond donors (Lipinski definition) is 0. The number of aromatic nitrogens is 2. The highest BCUT2D eigenvalue weighted by Crippen LogP contribution is 2.36. The van der Waals surface area contributed by atoms with Crippen molar-refractivity contribution in [2.75, 3.05) is 18.1 Å². The molecule has 1 aliphatic carbocycles. The molecule has 1 amide bonds. The van der Waals surface area contributed by atoms with Gasteiger partial charge in [0.2, 0.25) is 0 Å². The molecule has 0 radical (unpaired) electrons. The third kappa shape index (κ3) is 3.24. The maximum absolute atomic E-state index is 13.4. The van der Waals surface area contributed by atoms with Crippen LogP contribution in [0.4, 0.5) is 5.69 Å². The lowest BCUT2D eigenvalue weighted by atomic mass is 9.89. The Hall–Kier alpha value is -3.00. The monoisotopic (exact) mass is 451 g/mol. The zero-order valence-electron chi connectivity index (χ0n) is 18.4. The van der Waals surface area contributed by atoms with Gasteiger partial charge in [0, 0.05) is 17.0 Å². The smallest absolute Gasteiger partial charge is 0.265 e. The molecule has 2 atom stereocenters. The van der Waals surface area contributed by atoms with Crippen LogP contribution in [-0.4, -0.2) is 34.4 Å². The van der Waals surface area contributed by atoms with E-state index in [1.807, 2.05) is 6.92 Å². The minimum absolute atomic E-state index is 0.00461. The fraction of sp³-hybridized carbons (Fsp3) is 0.417. The molecular formula is C24H25N3O4S. The van der Waals surface area contributed by atoms with E-state index in [0.717, 1.165) is 29.7 Å². The summed E-state index contributed by atoms with van der Waals surface area (Å²) in [7, 11) is 0. The molecule has 1 aromatic carbocycles. The van der Waals surface area contributed by atoms with Gasteiger partial charge in [-0.1, -0.05) is 6.92 Å². The summed E-state index contributed by atoms with van der Waals surface area (Å²) in [5.41, 5.74) is 1.97. The van der Waals surface area contributed by atoms with Gasteiger partial charge in [-0.25, -0.2) is 4.98 Å². The number of thiophene rings is 1. The second kappa shape index (κ2) is 7.85. The lowest BCUT2D eigenvalue weighted by molar-refractivity contribution is -0.121. The Morgan fingerprint density at radius 2 is 2.16 bits per heavy atom. The van der Waals surface area contributed by atoms with Crippen LogP contribution < -0.4 is 15.2 Å². The van der Waals surface area contributed by atoms with E-state index in [-0.39, 0.29) is 23.9 Å². The largest absolute Gasteiger partial charge is 0.482 e. The van der Waals surface area contributed by atoms with Crippen LogP contribution in [0.5, 0.6) is 5.75 Å². The highest BCUT2D eigenvalue weighted by Gasteiger charge is 2.28. The van der Waals surface area contributed by atoms with E-state index < -0.39 is 6.04 Å². The van der Waals surface area contributed by atoms with E-state index >= 15 is 0 Å². The molecule has 166 valence electrons. The van der Waals surface area contributed by atoms with Gasteiger partial charge in [0.25, 0.3) is 11.5 Å². The van der Waals surface area contributed by atoms with Crippen molar-refractivity contribution in [2.24, 2.45) is 5.92 Å². The number of carbonyl (C=O) groups is 2. The molecular weight excluding hydrogens is 426 g/mol. The van der Waals surface area contributed by atoms with Crippen LogP contribution in [-0.2, 0) is 17.6 Å². The minimum Gasteiger partial charge on any atom is -0.482 e. The molecule has 2 aliphatic rings. The van der Waals surface area contributed by atoms with Crippen molar-refractivity contribution < 1.29 is 14.3 Å². The van der Waals surface area contributed by atoms with Gasteiger partial charge in [0.05, 0.1) is 23.4 Å². The number of carbonyl (C=O) groups excluding carboxylic acids is 2. The fourth-order valence-corrected chi connectivity index (χ4v) is 6.03. The summed E-state index contributed by atoms with van der Waals surface area (Å²) in [6.45, 7) is 6.32. The molecule has 3 heterocycles. The molecule has 32 heavy (non-hydrogen) atoms. The lowest BCUT2D eigenvalue weighted by Gasteiger charge is -2.28. The molecule has 0 N–H and O–H groups in total. The first kappa shape index (κ1) is 20.9. The first-order valence-corrected chi connectivity index (χ1v) is 11.8. The number of amides is 1. The molecule has 1 aliphatic heterocycles. The molecule has 3 aromatic rings. The number of hydrogen-bond acceptors (Lipinski definition) is 6. The number of rotatable bonds is 4. The summed E-state index contributed by atoms with van der Waals surface area (Å²) in [5, 5.41) is 0.667. The number of nitrogens with zero attached hydrogens (tertiary/aromatic N) is 3. The standard InChI is InChI=1S/C24H25N3O4S/c1-4-26-17-10-15(6-8-18(17)31-11-20(26)28)22(29)14(3)27-12-25-23-21(24(27)30)16-7-5-13(2)9-19(16)32-23/h6,8,10,12-14H,4-5,7,9,11H2,1-3H3. The molecule has 0 spiro atoms. The van der Waals surface area contributed by atoms with Gasteiger partial charge >= 0.3 is 0 Å². The number of benzene rings is 1. The molecule has 8 heteroatoms. The van der Waals surface area contributed by atoms with Gasteiger partial charge in [-0.3, -0.25) is 19.0 Å². The fourth-order valence-electron chi connectivity index (χ4n) is 4.69. The SMILES string of the molecule is CCN1C(=O)COc2ccc(C(=O)C(C)n3cnc4sc5c(c4c3=O)CCC(C)C5)cc21. The van der Waals surface area contributed by atoms with Crippen molar-refractivity contribution in [3.63, 3.8) is 0 Å². The van der Waals surface area contributed by atoms with Crippen LogP contribution in [0.15, 0.2) is 29.3 Å². The average Bonchev–Trinajstić information content (AvgIpc) is 3.16. The van der Waals surface area contributed by atoms with Gasteiger partial charge in [0.1, 0.15) is 10.6 Å². The number of aryl methyl sites for hydroxylation is 1. The van der Waals surface area contributed by atoms with E-state index in [9.17, 15) is 14.4 Å². The molecule has 7 nitrogen and oxygen atoms in total. The molecule has 0 fully saturated rings. The van der Waals surface area contributed by atoms with Crippen LogP contribution >= 0.6 is 11.3 Å². The third-order valence-electron chi connectivity index (χ3n) is 6.54. The van der Waals surface area contributed by atoms with Gasteiger partial charge in [-0.05, 0) is 62.8 Å². The first-order chi connectivity index (χ1) is 15.4. The Labute approximate surface area is 189 Å². The zero-order chi connectivity index (χ0) is 22.6. The molecule has 2 unspecified atom stereocenters. The predicted molar refractivity (Wildman–Crippen MR) is 124 cm³/mol. The normalized spacial score (nSPS) is 18.8. The number of ketones is 1. The predicted octanol–water partition coefficient (Wildman–Crippen LogP) is 3.77. The maximum Gasteiger partial charge on any atom is 0.265 e. The van der Waals surface area contributed by atoms with Crippen molar-refractivity contribution in [3.05, 3.63) is 50.9 Å². The lowest BCUT2D eigenvalue weighted by Crippen LogP contribution is -2.38. The Morgan fingerprint density at radius 3 is 2.94 bits per heavy atom. The van der Waals surface area contributed by atoms with Crippen LogP contribution in [0, 0.1) is 5.92 Å². The Morgan fingerprint density at radius 1 is 1.34 bits per heavy atom. The summed E-state index contributed by atoms with van der Waals surface area (Å²) in [6.07, 6.45) is 4.41. The second-order valence-corrected chi connectivity index (χ2v) is 9.72. The summed E-state index contributed by atoms with van der Waals surface area (Å²) in [5.74, 6) is 0.846. The molecule has 5 rings (SSSR count). The highest BCUT2D eigenvalue weighted by molar-refractivity contribution is 7.18. The van der Waals surface area contributed by atoms with E-state index in [4.69, 9.17) is 4.74 Å². The van der Waals surface area contributed by atoms with E-state index in [0.29, 0.717) is 34.8 Å². The Balaban J connectivity index is 1.52. The maximum atomic E-state index is 13.4. The number of ether oxygens (including phenoxy) is 1. The minimum atomic E-state index is -0.717. The zero-order valence-corrected chi connectivity index (χ0v) is 19.2. The van der Waals surface area contributed by atoms with E-state index in [1.54, 1.807) is 41.4 Å². The topological polar surface area (TPSA) is 81.5 Å². The van der Waals surface area contributed by atoms with Gasteiger partial charge in [-0.2, -0.15) is 0 Å². The van der Waals surface area contributed by atoms with Crippen molar-refractivity contribution >= 4 is 38.9 Å². The third-order valence-corrected chi connectivity index (χ3v) is 7.70. The van der Waals surface area contributed by atoms with Crippen LogP contribution in [0.2, 0.25) is 0 Å². The van der Waals surface area contributed by atoms with Crippen LogP contribution in [0.3, 0.4) is 0 Å². The first-order valence-electron chi connectivity index (χ1n) is 11.0. The Bertz CT molecular complexity index is 1310. The summed E-state index contributed by atoms with van der Waals surface area (Å²) >= 11 is 1.60. The van der Waals surface area contributed by atoms with Crippen LogP contribution in [0.1, 0.15) is 54.0 Å². The average molecular weight is 452 g/mol. The summed E-state index contributed by atoms with van der Waals surface area (Å²) in [4.78, 5) is 47.1. The number of Topliss-reactive ketones (excluding diaryl/α,β-unsaturated/α-hetero) is 1. The highest BCUT2D eigenvalue weighted by atomic mass is 32.1. The second-order valence-electron chi connectivity index (χ2n) is 8.64. The quantitative estimate of drug-likeness (QED) is 0.564.